The van der Waals surface area contributed by atoms with Crippen LogP contribution in [0.25, 0.3) is 0 Å². The zero-order valence-corrected chi connectivity index (χ0v) is 12.1. The highest BCUT2D eigenvalue weighted by atomic mass is 16.5. The van der Waals surface area contributed by atoms with Crippen molar-refractivity contribution in [3.8, 4) is 5.75 Å². The van der Waals surface area contributed by atoms with Crippen molar-refractivity contribution in [2.24, 2.45) is 11.7 Å². The van der Waals surface area contributed by atoms with Crippen molar-refractivity contribution in [1.82, 2.24) is 4.90 Å². The van der Waals surface area contributed by atoms with Crippen molar-refractivity contribution in [1.29, 1.82) is 0 Å². The number of hydrogen-bond acceptors (Lipinski definition) is 3. The summed E-state index contributed by atoms with van der Waals surface area (Å²) in [6, 6.07) is 8.80. The Hall–Kier alpha value is -1.06. The zero-order chi connectivity index (χ0) is 13.7. The van der Waals surface area contributed by atoms with Gasteiger partial charge in [-0.25, -0.2) is 0 Å². The van der Waals surface area contributed by atoms with Crippen LogP contribution in [0.2, 0.25) is 0 Å². The molecule has 2 rings (SSSR count). The Morgan fingerprint density at radius 2 is 2.00 bits per heavy atom. The Morgan fingerprint density at radius 3 is 2.58 bits per heavy atom. The van der Waals surface area contributed by atoms with Gasteiger partial charge in [0.25, 0.3) is 0 Å². The fourth-order valence-electron chi connectivity index (χ4n) is 2.88. The maximum Gasteiger partial charge on any atom is 0.119 e. The van der Waals surface area contributed by atoms with E-state index in [-0.39, 0.29) is 0 Å². The van der Waals surface area contributed by atoms with E-state index >= 15 is 0 Å². The Kier molecular flexibility index (Phi) is 5.23. The molecule has 106 valence electrons. The van der Waals surface area contributed by atoms with Crippen molar-refractivity contribution >= 4 is 0 Å². The molecule has 3 nitrogen and oxygen atoms in total. The zero-order valence-electron chi connectivity index (χ0n) is 12.1. The Labute approximate surface area is 116 Å². The van der Waals surface area contributed by atoms with Gasteiger partial charge >= 0.3 is 0 Å². The molecule has 2 atom stereocenters. The smallest absolute Gasteiger partial charge is 0.119 e. The summed E-state index contributed by atoms with van der Waals surface area (Å²) in [5, 5.41) is 0. The second-order valence-electron chi connectivity index (χ2n) is 5.73. The monoisotopic (exact) mass is 262 g/mol. The Bertz CT molecular complexity index is 377. The molecule has 1 aliphatic heterocycles. The van der Waals surface area contributed by atoms with Gasteiger partial charge < -0.3 is 15.4 Å². The van der Waals surface area contributed by atoms with Gasteiger partial charge in [0.15, 0.2) is 0 Å². The number of nitrogens with two attached hydrogens (primary N) is 1. The molecule has 2 N–H and O–H groups in total. The molecule has 1 saturated heterocycles. The third kappa shape index (κ3) is 4.22. The highest BCUT2D eigenvalue weighted by Crippen LogP contribution is 2.22. The van der Waals surface area contributed by atoms with Crippen LogP contribution in [-0.2, 0) is 6.54 Å². The third-order valence-electron chi connectivity index (χ3n) is 3.93. The van der Waals surface area contributed by atoms with E-state index in [2.05, 4.69) is 18.7 Å². The lowest BCUT2D eigenvalue weighted by Crippen LogP contribution is -2.29. The van der Waals surface area contributed by atoms with E-state index in [4.69, 9.17) is 10.5 Å². The molecule has 3 heteroatoms. The van der Waals surface area contributed by atoms with Crippen LogP contribution in [0.15, 0.2) is 24.3 Å². The van der Waals surface area contributed by atoms with Crippen LogP contribution in [0.4, 0.5) is 0 Å². The van der Waals surface area contributed by atoms with Crippen LogP contribution >= 0.6 is 0 Å². The molecule has 1 fully saturated rings. The van der Waals surface area contributed by atoms with E-state index in [0.29, 0.717) is 6.54 Å². The number of likely N-dealkylation sites (tertiary alicyclic amines) is 1. The quantitative estimate of drug-likeness (QED) is 0.801. The molecular formula is C16H26N2O. The molecular weight excluding hydrogens is 236 g/mol. The first-order valence-corrected chi connectivity index (χ1v) is 7.35. The average molecular weight is 262 g/mol. The maximum atomic E-state index is 5.76. The normalized spacial score (nSPS) is 23.7. The third-order valence-corrected chi connectivity index (χ3v) is 3.93. The number of rotatable bonds is 6. The van der Waals surface area contributed by atoms with Gasteiger partial charge in [0.1, 0.15) is 5.75 Å². The number of hydrogen-bond donors (Lipinski definition) is 1. The van der Waals surface area contributed by atoms with E-state index in [1.54, 1.807) is 0 Å². The van der Waals surface area contributed by atoms with E-state index in [0.717, 1.165) is 42.8 Å². The van der Waals surface area contributed by atoms with E-state index in [9.17, 15) is 0 Å². The molecule has 1 heterocycles. The predicted molar refractivity (Wildman–Crippen MR) is 79.3 cm³/mol. The lowest BCUT2D eigenvalue weighted by Gasteiger charge is -2.20. The summed E-state index contributed by atoms with van der Waals surface area (Å²) < 4.78 is 5.76. The SMILES string of the molecule is CC1CC(C)N(CCCOc2ccc(CN)cc2)C1. The summed E-state index contributed by atoms with van der Waals surface area (Å²) in [7, 11) is 0. The van der Waals surface area contributed by atoms with E-state index in [1.807, 2.05) is 24.3 Å². The fraction of sp³-hybridized carbons (Fsp3) is 0.625. The highest BCUT2D eigenvalue weighted by molar-refractivity contribution is 5.26. The molecule has 19 heavy (non-hydrogen) atoms. The van der Waals surface area contributed by atoms with E-state index in [1.165, 1.54) is 13.0 Å². The topological polar surface area (TPSA) is 38.5 Å². The summed E-state index contributed by atoms with van der Waals surface area (Å²) in [5.41, 5.74) is 6.71. The number of benzene rings is 1. The van der Waals surface area contributed by atoms with Crippen molar-refractivity contribution in [2.75, 3.05) is 19.7 Å². The molecule has 1 aliphatic rings. The largest absolute Gasteiger partial charge is 0.494 e. The molecule has 1 aromatic carbocycles. The van der Waals surface area contributed by atoms with Gasteiger partial charge in [-0.1, -0.05) is 19.1 Å². The van der Waals surface area contributed by atoms with Crippen molar-refractivity contribution in [3.63, 3.8) is 0 Å². The summed E-state index contributed by atoms with van der Waals surface area (Å²) in [4.78, 5) is 2.57. The molecule has 0 aliphatic carbocycles. The highest BCUT2D eigenvalue weighted by Gasteiger charge is 2.25. The molecule has 0 amide bonds. The summed E-state index contributed by atoms with van der Waals surface area (Å²) in [6.45, 7) is 8.44. The van der Waals surface area contributed by atoms with Crippen LogP contribution in [0, 0.1) is 5.92 Å². The molecule has 0 saturated carbocycles. The lowest BCUT2D eigenvalue weighted by molar-refractivity contribution is 0.228. The molecule has 1 aromatic rings. The van der Waals surface area contributed by atoms with Crippen LogP contribution in [0.3, 0.4) is 0 Å². The second kappa shape index (κ2) is 6.92. The van der Waals surface area contributed by atoms with Crippen molar-refractivity contribution in [2.45, 2.75) is 39.3 Å². The van der Waals surface area contributed by atoms with Crippen LogP contribution in [0.1, 0.15) is 32.3 Å². The first-order valence-electron chi connectivity index (χ1n) is 7.35. The van der Waals surface area contributed by atoms with Crippen molar-refractivity contribution in [3.05, 3.63) is 29.8 Å². The van der Waals surface area contributed by atoms with Crippen LogP contribution in [0.5, 0.6) is 5.75 Å². The Balaban J connectivity index is 1.66. The first kappa shape index (κ1) is 14.4. The van der Waals surface area contributed by atoms with Gasteiger partial charge in [0.05, 0.1) is 6.61 Å². The minimum absolute atomic E-state index is 0.589. The molecule has 0 radical (unpaired) electrons. The minimum atomic E-state index is 0.589. The van der Waals surface area contributed by atoms with Crippen LogP contribution in [-0.4, -0.2) is 30.6 Å². The maximum absolute atomic E-state index is 5.76. The molecule has 0 aromatic heterocycles. The van der Waals surface area contributed by atoms with Gasteiger partial charge in [0, 0.05) is 25.7 Å². The minimum Gasteiger partial charge on any atom is -0.494 e. The average Bonchev–Trinajstić information content (AvgIpc) is 2.74. The van der Waals surface area contributed by atoms with Gasteiger partial charge in [-0.05, 0) is 43.4 Å². The summed E-state index contributed by atoms with van der Waals surface area (Å²) >= 11 is 0. The number of ether oxygens (including phenoxy) is 1. The Morgan fingerprint density at radius 1 is 1.26 bits per heavy atom. The summed E-state index contributed by atoms with van der Waals surface area (Å²) in [5.74, 6) is 1.79. The van der Waals surface area contributed by atoms with Crippen molar-refractivity contribution < 1.29 is 4.74 Å². The number of nitrogens with zero attached hydrogens (tertiary/aromatic N) is 1. The van der Waals surface area contributed by atoms with Gasteiger partial charge in [-0.3, -0.25) is 0 Å². The first-order chi connectivity index (χ1) is 9.19. The fourth-order valence-corrected chi connectivity index (χ4v) is 2.88. The molecule has 0 bridgehead atoms. The molecule has 2 unspecified atom stereocenters. The van der Waals surface area contributed by atoms with Gasteiger partial charge in [0.2, 0.25) is 0 Å². The molecule has 0 spiro atoms. The predicted octanol–water partition coefficient (Wildman–Crippen LogP) is 2.64. The standard InChI is InChI=1S/C16H26N2O/c1-13-10-14(2)18(12-13)8-3-9-19-16-6-4-15(11-17)5-7-16/h4-7,13-14H,3,8-12,17H2,1-2H3. The lowest BCUT2D eigenvalue weighted by atomic mass is 10.1. The van der Waals surface area contributed by atoms with Gasteiger partial charge in [-0.15, -0.1) is 0 Å². The van der Waals surface area contributed by atoms with Gasteiger partial charge in [-0.2, -0.15) is 0 Å². The van der Waals surface area contributed by atoms with E-state index < -0.39 is 0 Å². The van der Waals surface area contributed by atoms with Crippen LogP contribution < -0.4 is 10.5 Å². The summed E-state index contributed by atoms with van der Waals surface area (Å²) in [6.07, 6.45) is 2.43. The second-order valence-corrected chi connectivity index (χ2v) is 5.73.